The molecule has 1 aliphatic rings. The SMILES string of the molecule is C[C@@H](COc1cc(Cl)c(-c2noc(-c3cn4cc(C(F)(F)F)cc(Cl)c4n3)n2)cc1Cl)OS(=O)(=O)O.C[C@H]1COS(=O)(=O)O1.Oc1cc(Cl)c(-c2noc(-c3cn4cc(C(F)(F)F)cc(Cl)c4n3)n2)cc1Cl. The molecular weight excluding hydrogens is 1150 g/mol. The van der Waals surface area contributed by atoms with Gasteiger partial charge in [0.25, 0.3) is 11.8 Å². The first-order valence-electron chi connectivity index (χ1n) is 19.2. The Morgan fingerprint density at radius 3 is 1.61 bits per heavy atom. The zero-order chi connectivity index (χ0) is 52.8. The molecule has 34 heteroatoms. The Bertz CT molecular complexity index is 3580. The molecule has 6 aromatic heterocycles. The number of ether oxygens (including phenoxy) is 1. The molecule has 9 rings (SSSR count). The van der Waals surface area contributed by atoms with Crippen LogP contribution in [0, 0.1) is 0 Å². The van der Waals surface area contributed by atoms with Gasteiger partial charge in [-0.25, -0.2) is 22.5 Å². The first-order chi connectivity index (χ1) is 33.4. The molecule has 0 spiro atoms. The van der Waals surface area contributed by atoms with Gasteiger partial charge in [0.05, 0.1) is 47.9 Å². The summed E-state index contributed by atoms with van der Waals surface area (Å²) in [6.07, 6.45) is -6.31. The molecule has 8 aromatic rings. The van der Waals surface area contributed by atoms with Crippen molar-refractivity contribution in [1.29, 1.82) is 0 Å². The number of aromatic nitrogens is 8. The van der Waals surface area contributed by atoms with Gasteiger partial charge < -0.3 is 27.7 Å². The zero-order valence-electron chi connectivity index (χ0n) is 35.2. The number of benzene rings is 2. The second-order valence-electron chi connectivity index (χ2n) is 14.5. The normalized spacial score (nSPS) is 15.3. The molecule has 72 heavy (non-hydrogen) atoms. The topological polar surface area (TPSA) is 258 Å². The van der Waals surface area contributed by atoms with E-state index in [1.165, 1.54) is 43.6 Å². The van der Waals surface area contributed by atoms with Crippen molar-refractivity contribution >= 4 is 102 Å². The van der Waals surface area contributed by atoms with E-state index in [0.717, 1.165) is 33.3 Å². The lowest BCUT2D eigenvalue weighted by Gasteiger charge is -2.13. The van der Waals surface area contributed by atoms with Gasteiger partial charge in [0.15, 0.2) is 11.3 Å². The molecule has 2 aromatic carbocycles. The van der Waals surface area contributed by atoms with Crippen LogP contribution in [-0.2, 0) is 45.7 Å². The van der Waals surface area contributed by atoms with Crippen LogP contribution in [0.5, 0.6) is 11.5 Å². The number of pyridine rings is 2. The molecule has 0 amide bonds. The van der Waals surface area contributed by atoms with Crippen molar-refractivity contribution in [3.8, 4) is 57.4 Å². The number of hydrogen-bond donors (Lipinski definition) is 2. The van der Waals surface area contributed by atoms with Gasteiger partial charge in [-0.1, -0.05) is 79.9 Å². The molecule has 1 fully saturated rings. The van der Waals surface area contributed by atoms with Crippen LogP contribution in [0.2, 0.25) is 30.1 Å². The van der Waals surface area contributed by atoms with Crippen molar-refractivity contribution in [3.05, 3.63) is 102 Å². The summed E-state index contributed by atoms with van der Waals surface area (Å²) < 4.78 is 159. The first-order valence-corrected chi connectivity index (χ1v) is 24.1. The van der Waals surface area contributed by atoms with Crippen molar-refractivity contribution in [3.63, 3.8) is 0 Å². The largest absolute Gasteiger partial charge is 0.506 e. The number of fused-ring (bicyclic) bond motifs is 2. The Balaban J connectivity index is 0.000000187. The van der Waals surface area contributed by atoms with E-state index in [0.29, 0.717) is 5.56 Å². The number of nitrogens with zero attached hydrogens (tertiary/aromatic N) is 8. The third-order valence-electron chi connectivity index (χ3n) is 8.99. The van der Waals surface area contributed by atoms with Gasteiger partial charge in [0.2, 0.25) is 11.6 Å². The number of phenolic OH excluding ortho intramolecular Hbond substituents is 1. The summed E-state index contributed by atoms with van der Waals surface area (Å²) in [4.78, 5) is 16.6. The van der Waals surface area contributed by atoms with E-state index in [1.807, 2.05) is 0 Å². The van der Waals surface area contributed by atoms with Gasteiger partial charge in [-0.05, 0) is 38.1 Å². The Morgan fingerprint density at radius 2 is 1.19 bits per heavy atom. The molecule has 0 saturated carbocycles. The Morgan fingerprint density at radius 1 is 0.722 bits per heavy atom. The molecular formula is C38H24Cl6F6N8O12S2. The standard InChI is InChI=1S/C19H12Cl3F3N4O6S.C16H6Cl3F3N4O2.C3H6O4S/c1-8(35-36(30,31)32)7-33-15-4-11(20)10(3-12(15)21)16-27-18(34-28-16)14-6-29-5-9(19(23,24)25)2-13(22)17(29)26-14;17-8-3-12(27)9(18)2-7(8)13-24-15(28-25-13)11-5-26-4-6(16(20,21)22)1-10(19)14(26)23-11;1-3-2-6-8(4,5)7-3/h2-6,8H,7H2,1H3,(H,30,31,32);1-5,27H;3H,2H2,1H3/t8-;;3-/m0.0/s1. The molecule has 0 bridgehead atoms. The minimum absolute atomic E-state index is 0.00865. The second kappa shape index (κ2) is 20.9. The maximum absolute atomic E-state index is 13.1. The molecule has 384 valence electrons. The molecule has 1 saturated heterocycles. The van der Waals surface area contributed by atoms with Crippen LogP contribution in [0.25, 0.3) is 57.2 Å². The Kier molecular flexibility index (Phi) is 15.9. The molecule has 0 unspecified atom stereocenters. The van der Waals surface area contributed by atoms with E-state index in [2.05, 4.69) is 42.8 Å². The number of aromatic hydroxyl groups is 1. The quantitative estimate of drug-likeness (QED) is 0.101. The summed E-state index contributed by atoms with van der Waals surface area (Å²) in [5.74, 6) is -0.276. The number of hydrogen-bond acceptors (Lipinski definition) is 17. The van der Waals surface area contributed by atoms with E-state index in [-0.39, 0.29) is 113 Å². The van der Waals surface area contributed by atoms with Crippen molar-refractivity contribution in [1.82, 2.24) is 39.1 Å². The highest BCUT2D eigenvalue weighted by Crippen LogP contribution is 2.39. The highest BCUT2D eigenvalue weighted by Gasteiger charge is 2.34. The van der Waals surface area contributed by atoms with Crippen LogP contribution in [0.3, 0.4) is 0 Å². The number of imidazole rings is 2. The molecule has 0 radical (unpaired) electrons. The smallest absolute Gasteiger partial charge is 0.417 e. The van der Waals surface area contributed by atoms with E-state index in [9.17, 15) is 48.3 Å². The summed E-state index contributed by atoms with van der Waals surface area (Å²) in [7, 11) is -8.25. The second-order valence-corrected chi connectivity index (χ2v) is 19.2. The molecule has 2 N–H and O–H groups in total. The van der Waals surface area contributed by atoms with Crippen molar-refractivity contribution in [2.45, 2.75) is 38.4 Å². The number of rotatable bonds is 9. The van der Waals surface area contributed by atoms with Gasteiger partial charge >= 0.3 is 33.2 Å². The highest BCUT2D eigenvalue weighted by molar-refractivity contribution is 7.82. The summed E-state index contributed by atoms with van der Waals surface area (Å²) in [5.41, 5.74) is -1.05. The molecule has 20 nitrogen and oxygen atoms in total. The first kappa shape index (κ1) is 54.5. The fourth-order valence-corrected chi connectivity index (χ4v) is 8.62. The predicted molar refractivity (Wildman–Crippen MR) is 243 cm³/mol. The number of halogens is 12. The Hall–Kier alpha value is -5.24. The molecule has 2 atom stereocenters. The monoisotopic (exact) mass is 1170 g/mol. The van der Waals surface area contributed by atoms with Crippen molar-refractivity contribution < 1.29 is 79.2 Å². The average Bonchev–Trinajstić information content (AvgIpc) is 4.12. The van der Waals surface area contributed by atoms with Gasteiger partial charge in [-0.3, -0.25) is 4.55 Å². The van der Waals surface area contributed by atoms with E-state index < -0.39 is 50.4 Å². The number of alkyl halides is 6. The minimum atomic E-state index is -4.66. The van der Waals surface area contributed by atoms with Crippen molar-refractivity contribution in [2.75, 3.05) is 13.2 Å². The van der Waals surface area contributed by atoms with Gasteiger partial charge in [-0.15, -0.1) is 0 Å². The third kappa shape index (κ3) is 13.1. The predicted octanol–water partition coefficient (Wildman–Crippen LogP) is 11.0. The highest BCUT2D eigenvalue weighted by atomic mass is 35.5. The van der Waals surface area contributed by atoms with Crippen LogP contribution < -0.4 is 4.74 Å². The van der Waals surface area contributed by atoms with Crippen molar-refractivity contribution in [2.24, 2.45) is 0 Å². The van der Waals surface area contributed by atoms with Gasteiger partial charge in [0, 0.05) is 48.0 Å². The summed E-state index contributed by atoms with van der Waals surface area (Å²) >= 11 is 36.3. The lowest BCUT2D eigenvalue weighted by atomic mass is 10.2. The van der Waals surface area contributed by atoms with Gasteiger partial charge in [-0.2, -0.15) is 53.1 Å². The van der Waals surface area contributed by atoms with Crippen LogP contribution in [0.15, 0.2) is 70.2 Å². The minimum Gasteiger partial charge on any atom is -0.506 e. The van der Waals surface area contributed by atoms with Crippen LogP contribution >= 0.6 is 69.6 Å². The third-order valence-corrected chi connectivity index (χ3v) is 12.3. The number of phenols is 1. The summed E-state index contributed by atoms with van der Waals surface area (Å²) in [6.45, 7) is 2.83. The molecule has 0 aliphatic carbocycles. The lowest BCUT2D eigenvalue weighted by molar-refractivity contribution is -0.138. The summed E-state index contributed by atoms with van der Waals surface area (Å²) in [5, 5.41) is 17.0. The van der Waals surface area contributed by atoms with Crippen LogP contribution in [-0.4, -0.2) is 91.0 Å². The molecule has 7 heterocycles. The van der Waals surface area contributed by atoms with Gasteiger partial charge in [0.1, 0.15) is 41.7 Å². The lowest BCUT2D eigenvalue weighted by Crippen LogP contribution is -2.21. The van der Waals surface area contributed by atoms with Crippen LogP contribution in [0.1, 0.15) is 25.0 Å². The fraction of sp³-hybridized carbons (Fsp3) is 0.211. The maximum atomic E-state index is 13.1. The van der Waals surface area contributed by atoms with E-state index >= 15 is 0 Å². The van der Waals surface area contributed by atoms with E-state index in [1.54, 1.807) is 6.92 Å². The zero-order valence-corrected chi connectivity index (χ0v) is 41.4. The fourth-order valence-electron chi connectivity index (χ4n) is 5.90. The molecule has 1 aliphatic heterocycles. The summed E-state index contributed by atoms with van der Waals surface area (Å²) in [6, 6.07) is 6.79. The maximum Gasteiger partial charge on any atom is 0.417 e. The average molecular weight is 1180 g/mol. The Labute approximate surface area is 429 Å². The van der Waals surface area contributed by atoms with Crippen LogP contribution in [0.4, 0.5) is 26.3 Å². The van der Waals surface area contributed by atoms with E-state index in [4.69, 9.17) is 87.9 Å².